The Morgan fingerprint density at radius 2 is 1.92 bits per heavy atom. The summed E-state index contributed by atoms with van der Waals surface area (Å²) in [7, 11) is 0. The first kappa shape index (κ1) is 18.5. The molecule has 2 atom stereocenters. The molecule has 2 heterocycles. The van der Waals surface area contributed by atoms with Crippen molar-refractivity contribution in [2.24, 2.45) is 0 Å². The van der Waals surface area contributed by atoms with Gasteiger partial charge in [0.05, 0.1) is 5.02 Å². The van der Waals surface area contributed by atoms with Gasteiger partial charge in [0.2, 0.25) is 0 Å². The minimum Gasteiger partial charge on any atom is -0.451 e. The molecule has 1 aliphatic rings. The van der Waals surface area contributed by atoms with E-state index in [1.807, 2.05) is 18.7 Å². The Morgan fingerprint density at radius 3 is 2.60 bits per heavy atom. The first-order valence-corrected chi connectivity index (χ1v) is 9.81. The average Bonchev–Trinajstić information content (AvgIpc) is 2.88. The van der Waals surface area contributed by atoms with Crippen LogP contribution in [0.15, 0.2) is 18.2 Å². The molecule has 1 fully saturated rings. The van der Waals surface area contributed by atoms with E-state index in [9.17, 15) is 9.59 Å². The summed E-state index contributed by atoms with van der Waals surface area (Å²) in [6, 6.07) is 5.59. The van der Waals surface area contributed by atoms with E-state index in [4.69, 9.17) is 27.9 Å². The minimum absolute atomic E-state index is 0.159. The van der Waals surface area contributed by atoms with Crippen molar-refractivity contribution in [2.45, 2.75) is 45.2 Å². The SMILES string of the molecule is C[C@H]1CCC[C@H](C)N1C(=O)COC(=O)c1sc2cc(Cl)ccc2c1Cl. The molecule has 1 aromatic carbocycles. The summed E-state index contributed by atoms with van der Waals surface area (Å²) < 4.78 is 6.06. The predicted octanol–water partition coefficient (Wildman–Crippen LogP) is 5.15. The number of ether oxygens (including phenoxy) is 1. The van der Waals surface area contributed by atoms with Gasteiger partial charge in [0, 0.05) is 27.2 Å². The fourth-order valence-corrected chi connectivity index (χ4v) is 5.03. The highest BCUT2D eigenvalue weighted by Gasteiger charge is 2.30. The second-order valence-electron chi connectivity index (χ2n) is 6.39. The number of piperidine rings is 1. The van der Waals surface area contributed by atoms with Crippen LogP contribution in [0, 0.1) is 0 Å². The maximum atomic E-state index is 12.5. The lowest BCUT2D eigenvalue weighted by molar-refractivity contribution is -0.140. The van der Waals surface area contributed by atoms with E-state index in [1.165, 1.54) is 11.3 Å². The van der Waals surface area contributed by atoms with Crippen molar-refractivity contribution in [3.8, 4) is 0 Å². The fraction of sp³-hybridized carbons (Fsp3) is 0.444. The van der Waals surface area contributed by atoms with Gasteiger partial charge in [-0.05, 0) is 45.2 Å². The number of halogens is 2. The zero-order valence-electron chi connectivity index (χ0n) is 14.1. The van der Waals surface area contributed by atoms with Crippen LogP contribution >= 0.6 is 34.5 Å². The summed E-state index contributed by atoms with van der Waals surface area (Å²) in [5.74, 6) is -0.735. The van der Waals surface area contributed by atoms with E-state index in [0.717, 1.165) is 29.3 Å². The van der Waals surface area contributed by atoms with Gasteiger partial charge in [-0.1, -0.05) is 29.3 Å². The predicted molar refractivity (Wildman–Crippen MR) is 102 cm³/mol. The summed E-state index contributed by atoms with van der Waals surface area (Å²) in [5.41, 5.74) is 0. The van der Waals surface area contributed by atoms with Crippen LogP contribution in [0.5, 0.6) is 0 Å². The number of amides is 1. The Kier molecular flexibility index (Phi) is 5.56. The topological polar surface area (TPSA) is 46.6 Å². The number of rotatable bonds is 3. The van der Waals surface area contributed by atoms with Gasteiger partial charge in [0.1, 0.15) is 4.88 Å². The van der Waals surface area contributed by atoms with Crippen LogP contribution in [-0.2, 0) is 9.53 Å². The van der Waals surface area contributed by atoms with Crippen LogP contribution in [0.1, 0.15) is 42.8 Å². The van der Waals surface area contributed by atoms with Gasteiger partial charge in [0.25, 0.3) is 5.91 Å². The molecule has 2 aromatic rings. The van der Waals surface area contributed by atoms with Crippen molar-refractivity contribution in [2.75, 3.05) is 6.61 Å². The molecule has 3 rings (SSSR count). The van der Waals surface area contributed by atoms with Crippen molar-refractivity contribution in [1.82, 2.24) is 4.90 Å². The summed E-state index contributed by atoms with van der Waals surface area (Å²) in [4.78, 5) is 26.9. The summed E-state index contributed by atoms with van der Waals surface area (Å²) >= 11 is 13.5. The van der Waals surface area contributed by atoms with Crippen molar-refractivity contribution < 1.29 is 14.3 Å². The summed E-state index contributed by atoms with van der Waals surface area (Å²) in [6.07, 6.45) is 3.08. The van der Waals surface area contributed by atoms with Crippen LogP contribution in [0.2, 0.25) is 10.0 Å². The zero-order valence-corrected chi connectivity index (χ0v) is 16.4. The number of carbonyl (C=O) groups is 2. The molecule has 0 N–H and O–H groups in total. The number of carbonyl (C=O) groups excluding carboxylic acids is 2. The molecule has 7 heteroatoms. The summed E-state index contributed by atoms with van der Waals surface area (Å²) in [6.45, 7) is 3.79. The highest BCUT2D eigenvalue weighted by Crippen LogP contribution is 2.37. The standard InChI is InChI=1S/C18H19Cl2NO3S/c1-10-4-3-5-11(2)21(10)15(22)9-24-18(23)17-16(20)13-7-6-12(19)8-14(13)25-17/h6-8,10-11H,3-5,9H2,1-2H3/t10-,11-/m0/s1. The second-order valence-corrected chi connectivity index (χ2v) is 8.26. The lowest BCUT2D eigenvalue weighted by Crippen LogP contribution is -2.49. The molecule has 0 unspecified atom stereocenters. The van der Waals surface area contributed by atoms with E-state index >= 15 is 0 Å². The lowest BCUT2D eigenvalue weighted by Gasteiger charge is -2.38. The van der Waals surface area contributed by atoms with E-state index in [1.54, 1.807) is 18.2 Å². The van der Waals surface area contributed by atoms with Gasteiger partial charge < -0.3 is 9.64 Å². The molecule has 0 radical (unpaired) electrons. The van der Waals surface area contributed by atoms with Gasteiger partial charge in [-0.3, -0.25) is 4.79 Å². The van der Waals surface area contributed by atoms with Crippen molar-refractivity contribution >= 4 is 56.5 Å². The van der Waals surface area contributed by atoms with Crippen molar-refractivity contribution in [3.05, 3.63) is 33.1 Å². The highest BCUT2D eigenvalue weighted by atomic mass is 35.5. The molecule has 1 amide bonds. The van der Waals surface area contributed by atoms with E-state index in [-0.39, 0.29) is 24.6 Å². The smallest absolute Gasteiger partial charge is 0.350 e. The Morgan fingerprint density at radius 1 is 1.24 bits per heavy atom. The number of nitrogens with zero attached hydrogens (tertiary/aromatic N) is 1. The molecule has 0 spiro atoms. The maximum Gasteiger partial charge on any atom is 0.350 e. The van der Waals surface area contributed by atoms with Crippen molar-refractivity contribution in [3.63, 3.8) is 0 Å². The lowest BCUT2D eigenvalue weighted by atomic mass is 9.97. The minimum atomic E-state index is -0.576. The van der Waals surface area contributed by atoms with Gasteiger partial charge in [-0.25, -0.2) is 4.79 Å². The second kappa shape index (κ2) is 7.52. The summed E-state index contributed by atoms with van der Waals surface area (Å²) in [5, 5.41) is 1.68. The van der Waals surface area contributed by atoms with Crippen LogP contribution in [0.25, 0.3) is 10.1 Å². The van der Waals surface area contributed by atoms with Crippen LogP contribution in [-0.4, -0.2) is 35.5 Å². The Bertz CT molecular complexity index is 810. The Balaban J connectivity index is 1.70. The molecule has 4 nitrogen and oxygen atoms in total. The quantitative estimate of drug-likeness (QED) is 0.669. The van der Waals surface area contributed by atoms with E-state index in [0.29, 0.717) is 14.9 Å². The molecular formula is C18H19Cl2NO3S. The third-order valence-corrected chi connectivity index (χ3v) is 6.46. The van der Waals surface area contributed by atoms with Gasteiger partial charge >= 0.3 is 5.97 Å². The number of hydrogen-bond donors (Lipinski definition) is 0. The molecule has 1 aliphatic heterocycles. The Hall–Kier alpha value is -1.30. The number of thiophene rings is 1. The number of likely N-dealkylation sites (tertiary alicyclic amines) is 1. The number of fused-ring (bicyclic) bond motifs is 1. The molecule has 0 aliphatic carbocycles. The molecular weight excluding hydrogens is 381 g/mol. The molecule has 0 bridgehead atoms. The van der Waals surface area contributed by atoms with Crippen LogP contribution < -0.4 is 0 Å². The molecule has 1 saturated heterocycles. The van der Waals surface area contributed by atoms with Gasteiger partial charge in [-0.15, -0.1) is 11.3 Å². The van der Waals surface area contributed by atoms with Crippen LogP contribution in [0.4, 0.5) is 0 Å². The molecule has 0 saturated carbocycles. The molecule has 25 heavy (non-hydrogen) atoms. The van der Waals surface area contributed by atoms with Gasteiger partial charge in [-0.2, -0.15) is 0 Å². The van der Waals surface area contributed by atoms with Crippen molar-refractivity contribution in [1.29, 1.82) is 0 Å². The number of esters is 1. The number of benzene rings is 1. The fourth-order valence-electron chi connectivity index (χ4n) is 3.35. The Labute approximate surface area is 160 Å². The van der Waals surface area contributed by atoms with Crippen LogP contribution in [0.3, 0.4) is 0 Å². The molecule has 1 aromatic heterocycles. The molecule has 134 valence electrons. The van der Waals surface area contributed by atoms with Gasteiger partial charge in [0.15, 0.2) is 6.61 Å². The first-order valence-electron chi connectivity index (χ1n) is 8.24. The normalized spacial score (nSPS) is 20.7. The maximum absolute atomic E-state index is 12.5. The average molecular weight is 400 g/mol. The highest BCUT2D eigenvalue weighted by molar-refractivity contribution is 7.21. The largest absolute Gasteiger partial charge is 0.451 e. The first-order chi connectivity index (χ1) is 11.9. The number of hydrogen-bond acceptors (Lipinski definition) is 4. The monoisotopic (exact) mass is 399 g/mol. The van der Waals surface area contributed by atoms with E-state index in [2.05, 4.69) is 0 Å². The van der Waals surface area contributed by atoms with E-state index < -0.39 is 5.97 Å². The third kappa shape index (κ3) is 3.78. The zero-order chi connectivity index (χ0) is 18.1. The third-order valence-electron chi connectivity index (χ3n) is 4.59.